The van der Waals surface area contributed by atoms with Crippen LogP contribution in [0.4, 0.5) is 0 Å². The molecule has 0 aromatic carbocycles. The molecule has 94 valence electrons. The van der Waals surface area contributed by atoms with Gasteiger partial charge in [-0.15, -0.1) is 0 Å². The molecule has 17 heavy (non-hydrogen) atoms. The van der Waals surface area contributed by atoms with E-state index in [1.807, 2.05) is 4.90 Å². The van der Waals surface area contributed by atoms with Crippen LogP contribution >= 0.6 is 0 Å². The van der Waals surface area contributed by atoms with E-state index in [1.165, 1.54) is 0 Å². The number of rotatable bonds is 3. The molecule has 0 unspecified atom stereocenters. The Balaban J connectivity index is 1.67. The minimum atomic E-state index is 0.204. The first kappa shape index (κ1) is 11.0. The number of piperazine rings is 1. The fourth-order valence-corrected chi connectivity index (χ4v) is 2.67. The molecule has 3 aliphatic rings. The fraction of sp³-hybridized carbons (Fsp3) is 0.750. The number of nitrogens with two attached hydrogens (primary N) is 1. The molecular formula is C12H20N4O. The highest BCUT2D eigenvalue weighted by atomic mass is 16.2. The van der Waals surface area contributed by atoms with Gasteiger partial charge in [0, 0.05) is 38.8 Å². The van der Waals surface area contributed by atoms with Crippen LogP contribution in [0.25, 0.3) is 0 Å². The number of amides is 1. The summed E-state index contributed by atoms with van der Waals surface area (Å²) in [4.78, 5) is 16.1. The van der Waals surface area contributed by atoms with Gasteiger partial charge in [-0.05, 0) is 18.4 Å². The van der Waals surface area contributed by atoms with Gasteiger partial charge in [0.05, 0.1) is 6.42 Å². The third kappa shape index (κ3) is 2.17. The average Bonchev–Trinajstić information content (AvgIpc) is 3.10. The van der Waals surface area contributed by atoms with E-state index >= 15 is 0 Å². The van der Waals surface area contributed by atoms with Gasteiger partial charge in [0.2, 0.25) is 5.91 Å². The van der Waals surface area contributed by atoms with Crippen molar-refractivity contribution >= 4 is 5.91 Å². The van der Waals surface area contributed by atoms with E-state index < -0.39 is 0 Å². The summed E-state index contributed by atoms with van der Waals surface area (Å²) in [7, 11) is 0. The number of hydrogen-bond acceptors (Lipinski definition) is 4. The Morgan fingerprint density at radius 1 is 1.29 bits per heavy atom. The highest BCUT2D eigenvalue weighted by molar-refractivity contribution is 5.84. The van der Waals surface area contributed by atoms with Crippen molar-refractivity contribution in [3.05, 3.63) is 11.4 Å². The molecule has 0 atom stereocenters. The first-order valence-electron chi connectivity index (χ1n) is 6.48. The second-order valence-electron chi connectivity index (χ2n) is 5.19. The van der Waals surface area contributed by atoms with Crippen LogP contribution in [0, 0.1) is 0 Å². The molecule has 5 heteroatoms. The van der Waals surface area contributed by atoms with E-state index in [1.54, 1.807) is 0 Å². The van der Waals surface area contributed by atoms with Gasteiger partial charge in [-0.2, -0.15) is 0 Å². The van der Waals surface area contributed by atoms with Crippen LogP contribution in [-0.2, 0) is 4.79 Å². The van der Waals surface area contributed by atoms with Gasteiger partial charge in [-0.1, -0.05) is 0 Å². The van der Waals surface area contributed by atoms with E-state index in [-0.39, 0.29) is 5.91 Å². The van der Waals surface area contributed by atoms with E-state index in [0.717, 1.165) is 57.0 Å². The lowest BCUT2D eigenvalue weighted by atomic mass is 10.2. The Labute approximate surface area is 102 Å². The van der Waals surface area contributed by atoms with Crippen molar-refractivity contribution in [1.82, 2.24) is 15.1 Å². The molecule has 2 fully saturated rings. The van der Waals surface area contributed by atoms with Gasteiger partial charge in [0.15, 0.2) is 0 Å². The van der Waals surface area contributed by atoms with Gasteiger partial charge >= 0.3 is 0 Å². The van der Waals surface area contributed by atoms with E-state index in [0.29, 0.717) is 12.5 Å². The van der Waals surface area contributed by atoms with Crippen LogP contribution in [0.2, 0.25) is 0 Å². The highest BCUT2D eigenvalue weighted by Crippen LogP contribution is 2.34. The number of hydrogen-bond donors (Lipinski definition) is 2. The Kier molecular flexibility index (Phi) is 2.80. The van der Waals surface area contributed by atoms with Gasteiger partial charge in [0.1, 0.15) is 5.82 Å². The van der Waals surface area contributed by atoms with Crippen LogP contribution < -0.4 is 11.1 Å². The number of carbonyl (C=O) groups is 1. The lowest BCUT2D eigenvalue weighted by Crippen LogP contribution is -2.44. The number of nitrogens with zero attached hydrogens (tertiary/aromatic N) is 2. The summed E-state index contributed by atoms with van der Waals surface area (Å²) >= 11 is 0. The van der Waals surface area contributed by atoms with Crippen LogP contribution in [0.1, 0.15) is 19.3 Å². The Bertz CT molecular complexity index is 356. The fourth-order valence-electron chi connectivity index (χ4n) is 2.67. The highest BCUT2D eigenvalue weighted by Gasteiger charge is 2.39. The van der Waals surface area contributed by atoms with Crippen LogP contribution in [0.5, 0.6) is 0 Å². The van der Waals surface area contributed by atoms with Crippen molar-refractivity contribution < 1.29 is 4.79 Å². The summed E-state index contributed by atoms with van der Waals surface area (Å²) in [6.07, 6.45) is 2.77. The summed E-state index contributed by atoms with van der Waals surface area (Å²) in [5, 5.41) is 3.33. The summed E-state index contributed by atoms with van der Waals surface area (Å²) in [6.45, 7) is 5.03. The first-order chi connectivity index (χ1) is 8.25. The Morgan fingerprint density at radius 3 is 2.65 bits per heavy atom. The molecule has 1 aliphatic carbocycles. The molecular weight excluding hydrogens is 216 g/mol. The topological polar surface area (TPSA) is 61.6 Å². The largest absolute Gasteiger partial charge is 0.385 e. The molecule has 1 amide bonds. The van der Waals surface area contributed by atoms with Gasteiger partial charge < -0.3 is 11.1 Å². The molecule has 0 bridgehead atoms. The normalized spacial score (nSPS) is 27.1. The molecule has 2 aliphatic heterocycles. The summed E-state index contributed by atoms with van der Waals surface area (Å²) < 4.78 is 0. The lowest BCUT2D eigenvalue weighted by Gasteiger charge is -2.27. The predicted octanol–water partition coefficient (Wildman–Crippen LogP) is -0.543. The summed E-state index contributed by atoms with van der Waals surface area (Å²) in [5.41, 5.74) is 7.24. The van der Waals surface area contributed by atoms with Gasteiger partial charge in [-0.3, -0.25) is 14.6 Å². The maximum absolute atomic E-state index is 11.9. The van der Waals surface area contributed by atoms with Crippen molar-refractivity contribution in [2.24, 2.45) is 5.73 Å². The van der Waals surface area contributed by atoms with Gasteiger partial charge in [0.25, 0.3) is 0 Å². The molecule has 5 nitrogen and oxygen atoms in total. The molecule has 0 radical (unpaired) electrons. The monoisotopic (exact) mass is 236 g/mol. The standard InChI is InChI=1S/C12H20N4O/c13-12-9(8-15-5-3-14-4-6-15)7-11(17)16(12)10-1-2-10/h10,14H,1-8,13H2. The minimum absolute atomic E-state index is 0.204. The van der Waals surface area contributed by atoms with Crippen LogP contribution in [-0.4, -0.2) is 54.5 Å². The molecule has 3 N–H and O–H groups in total. The number of carbonyl (C=O) groups excluding carboxylic acids is 1. The maximum Gasteiger partial charge on any atom is 0.232 e. The second-order valence-corrected chi connectivity index (χ2v) is 5.19. The van der Waals surface area contributed by atoms with E-state index in [2.05, 4.69) is 10.2 Å². The van der Waals surface area contributed by atoms with E-state index in [4.69, 9.17) is 5.73 Å². The average molecular weight is 236 g/mol. The van der Waals surface area contributed by atoms with Crippen molar-refractivity contribution in [1.29, 1.82) is 0 Å². The third-order valence-electron chi connectivity index (χ3n) is 3.79. The molecule has 0 aromatic heterocycles. The van der Waals surface area contributed by atoms with Crippen molar-refractivity contribution in [3.8, 4) is 0 Å². The Morgan fingerprint density at radius 2 is 2.00 bits per heavy atom. The third-order valence-corrected chi connectivity index (χ3v) is 3.79. The molecule has 1 saturated carbocycles. The second kappa shape index (κ2) is 4.31. The predicted molar refractivity (Wildman–Crippen MR) is 65.0 cm³/mol. The smallest absolute Gasteiger partial charge is 0.232 e. The quantitative estimate of drug-likeness (QED) is 0.690. The van der Waals surface area contributed by atoms with Crippen molar-refractivity contribution in [3.63, 3.8) is 0 Å². The minimum Gasteiger partial charge on any atom is -0.385 e. The summed E-state index contributed by atoms with van der Waals surface area (Å²) in [6, 6.07) is 0.406. The zero-order chi connectivity index (χ0) is 11.8. The molecule has 0 aromatic rings. The molecule has 3 rings (SSSR count). The molecule has 2 heterocycles. The zero-order valence-corrected chi connectivity index (χ0v) is 10.1. The van der Waals surface area contributed by atoms with Crippen LogP contribution in [0.15, 0.2) is 11.4 Å². The molecule has 0 spiro atoms. The Hall–Kier alpha value is -1.07. The SMILES string of the molecule is NC1=C(CN2CCNCC2)CC(=O)N1C1CC1. The van der Waals surface area contributed by atoms with Crippen molar-refractivity contribution in [2.75, 3.05) is 32.7 Å². The zero-order valence-electron chi connectivity index (χ0n) is 10.1. The van der Waals surface area contributed by atoms with Crippen molar-refractivity contribution in [2.45, 2.75) is 25.3 Å². The van der Waals surface area contributed by atoms with Crippen LogP contribution in [0.3, 0.4) is 0 Å². The number of nitrogens with one attached hydrogen (secondary N) is 1. The van der Waals surface area contributed by atoms with Gasteiger partial charge in [-0.25, -0.2) is 0 Å². The molecule has 1 saturated heterocycles. The van der Waals surface area contributed by atoms with E-state index in [9.17, 15) is 4.79 Å². The first-order valence-corrected chi connectivity index (χ1v) is 6.48. The summed E-state index contributed by atoms with van der Waals surface area (Å²) in [5.74, 6) is 0.950. The lowest BCUT2D eigenvalue weighted by molar-refractivity contribution is -0.127. The maximum atomic E-state index is 11.9.